The Morgan fingerprint density at radius 3 is 2.42 bits per heavy atom. The summed E-state index contributed by atoms with van der Waals surface area (Å²) in [6.45, 7) is 4.20. The van der Waals surface area contributed by atoms with Crippen molar-refractivity contribution < 1.29 is 0 Å². The first-order chi connectivity index (χ1) is 15.2. The van der Waals surface area contributed by atoms with Gasteiger partial charge in [-0.3, -0.25) is 9.67 Å². The summed E-state index contributed by atoms with van der Waals surface area (Å²) in [4.78, 5) is 15.4. The minimum absolute atomic E-state index is 0.312. The zero-order valence-electron chi connectivity index (χ0n) is 17.9. The van der Waals surface area contributed by atoms with Crippen LogP contribution in [0.25, 0.3) is 22.2 Å². The van der Waals surface area contributed by atoms with E-state index in [1.165, 1.54) is 16.7 Å². The van der Waals surface area contributed by atoms with Crippen LogP contribution < -0.4 is 10.2 Å². The van der Waals surface area contributed by atoms with Crippen molar-refractivity contribution in [2.75, 3.05) is 18.0 Å². The fourth-order valence-electron chi connectivity index (χ4n) is 4.42. The van der Waals surface area contributed by atoms with E-state index in [9.17, 15) is 0 Å². The molecule has 0 saturated carbocycles. The van der Waals surface area contributed by atoms with Gasteiger partial charge in [-0.2, -0.15) is 5.10 Å². The topological polar surface area (TPSA) is 71.8 Å². The van der Waals surface area contributed by atoms with Gasteiger partial charge in [-0.05, 0) is 48.6 Å². The fourth-order valence-corrected chi connectivity index (χ4v) is 4.42. The predicted octanol–water partition coefficient (Wildman–Crippen LogP) is 3.74. The standard InChI is InChI=1S/C24H27N7/c1-17(18-3-5-19(6-4-18)20-7-11-25-12-8-20)29-21-9-13-31(14-10-21)24-22-15-28-30(2)23(22)26-16-27-24/h3-8,11-12,15-17,21,29H,9-10,13-14H2,1-2H3/t17-/m0/s1. The summed E-state index contributed by atoms with van der Waals surface area (Å²) in [6, 6.07) is 13.7. The highest BCUT2D eigenvalue weighted by Gasteiger charge is 2.23. The molecule has 1 atom stereocenters. The van der Waals surface area contributed by atoms with Gasteiger partial charge < -0.3 is 10.2 Å². The number of aryl methyl sites for hydroxylation is 1. The molecule has 7 nitrogen and oxygen atoms in total. The van der Waals surface area contributed by atoms with Crippen molar-refractivity contribution in [1.82, 2.24) is 30.0 Å². The van der Waals surface area contributed by atoms with Gasteiger partial charge in [-0.1, -0.05) is 24.3 Å². The molecule has 0 amide bonds. The van der Waals surface area contributed by atoms with E-state index in [0.717, 1.165) is 42.8 Å². The number of hydrogen-bond acceptors (Lipinski definition) is 6. The van der Waals surface area contributed by atoms with E-state index in [-0.39, 0.29) is 0 Å². The maximum Gasteiger partial charge on any atom is 0.163 e. The van der Waals surface area contributed by atoms with Crippen LogP contribution in [0, 0.1) is 0 Å². The molecule has 3 aromatic heterocycles. The zero-order chi connectivity index (χ0) is 21.2. The van der Waals surface area contributed by atoms with E-state index in [2.05, 4.69) is 61.5 Å². The average Bonchev–Trinajstić information content (AvgIpc) is 3.21. The number of aromatic nitrogens is 5. The number of pyridine rings is 1. The largest absolute Gasteiger partial charge is 0.356 e. The molecule has 1 aliphatic heterocycles. The Bertz CT molecular complexity index is 1150. The lowest BCUT2D eigenvalue weighted by Crippen LogP contribution is -2.43. The van der Waals surface area contributed by atoms with Crippen LogP contribution in [0.15, 0.2) is 61.3 Å². The lowest BCUT2D eigenvalue weighted by Gasteiger charge is -2.34. The summed E-state index contributed by atoms with van der Waals surface area (Å²) in [7, 11) is 1.92. The van der Waals surface area contributed by atoms with Crippen LogP contribution in [-0.2, 0) is 7.05 Å². The molecule has 1 saturated heterocycles. The van der Waals surface area contributed by atoms with Gasteiger partial charge in [0.05, 0.1) is 11.6 Å². The molecule has 0 unspecified atom stereocenters. The summed E-state index contributed by atoms with van der Waals surface area (Å²) < 4.78 is 1.80. The summed E-state index contributed by atoms with van der Waals surface area (Å²) in [6.07, 6.45) is 9.35. The molecule has 0 aliphatic carbocycles. The van der Waals surface area contributed by atoms with E-state index in [4.69, 9.17) is 0 Å². The van der Waals surface area contributed by atoms with Crippen LogP contribution in [0.4, 0.5) is 5.82 Å². The van der Waals surface area contributed by atoms with Crippen LogP contribution in [-0.4, -0.2) is 43.9 Å². The minimum atomic E-state index is 0.312. The monoisotopic (exact) mass is 413 g/mol. The first-order valence-corrected chi connectivity index (χ1v) is 10.8. The maximum absolute atomic E-state index is 4.55. The summed E-state index contributed by atoms with van der Waals surface area (Å²) in [5.41, 5.74) is 4.61. The first kappa shape index (κ1) is 19.6. The number of nitrogens with one attached hydrogen (secondary N) is 1. The molecule has 0 spiro atoms. The first-order valence-electron chi connectivity index (χ1n) is 10.8. The van der Waals surface area contributed by atoms with Gasteiger partial charge in [0.15, 0.2) is 5.65 Å². The van der Waals surface area contributed by atoms with Crippen LogP contribution in [0.3, 0.4) is 0 Å². The molecule has 0 bridgehead atoms. The third-order valence-electron chi connectivity index (χ3n) is 6.21. The van der Waals surface area contributed by atoms with E-state index < -0.39 is 0 Å². The van der Waals surface area contributed by atoms with E-state index in [1.807, 2.05) is 37.8 Å². The molecule has 0 radical (unpaired) electrons. The number of benzene rings is 1. The van der Waals surface area contributed by atoms with Gasteiger partial charge in [0, 0.05) is 44.6 Å². The quantitative estimate of drug-likeness (QED) is 0.537. The molecule has 4 heterocycles. The van der Waals surface area contributed by atoms with Crippen LogP contribution in [0.1, 0.15) is 31.4 Å². The van der Waals surface area contributed by atoms with Gasteiger partial charge in [0.2, 0.25) is 0 Å². The van der Waals surface area contributed by atoms with Crippen LogP contribution >= 0.6 is 0 Å². The molecular weight excluding hydrogens is 386 g/mol. The van der Waals surface area contributed by atoms with Crippen LogP contribution in [0.5, 0.6) is 0 Å². The number of nitrogens with zero attached hydrogens (tertiary/aromatic N) is 6. The third kappa shape index (κ3) is 4.01. The second kappa shape index (κ2) is 8.43. The van der Waals surface area contributed by atoms with Gasteiger partial charge >= 0.3 is 0 Å². The molecule has 4 aromatic rings. The van der Waals surface area contributed by atoms with E-state index in [0.29, 0.717) is 12.1 Å². The highest BCUT2D eigenvalue weighted by atomic mass is 15.3. The van der Waals surface area contributed by atoms with E-state index in [1.54, 1.807) is 11.0 Å². The zero-order valence-corrected chi connectivity index (χ0v) is 17.9. The minimum Gasteiger partial charge on any atom is -0.356 e. The van der Waals surface area contributed by atoms with Crippen molar-refractivity contribution >= 4 is 16.9 Å². The predicted molar refractivity (Wildman–Crippen MR) is 123 cm³/mol. The Morgan fingerprint density at radius 2 is 1.68 bits per heavy atom. The van der Waals surface area contributed by atoms with Gasteiger partial charge in [0.1, 0.15) is 12.1 Å². The second-order valence-corrected chi connectivity index (χ2v) is 8.21. The van der Waals surface area contributed by atoms with Crippen molar-refractivity contribution in [3.8, 4) is 11.1 Å². The van der Waals surface area contributed by atoms with Crippen LogP contribution in [0.2, 0.25) is 0 Å². The molecule has 7 heteroatoms. The third-order valence-corrected chi connectivity index (χ3v) is 6.21. The Labute approximate surface area is 182 Å². The Hall–Kier alpha value is -3.32. The molecule has 1 N–H and O–H groups in total. The molecular formula is C24H27N7. The number of hydrogen-bond donors (Lipinski definition) is 1. The Morgan fingerprint density at radius 1 is 0.968 bits per heavy atom. The number of piperidine rings is 1. The lowest BCUT2D eigenvalue weighted by atomic mass is 9.99. The highest BCUT2D eigenvalue weighted by Crippen LogP contribution is 2.26. The van der Waals surface area contributed by atoms with Gasteiger partial charge in [-0.25, -0.2) is 9.97 Å². The molecule has 31 heavy (non-hydrogen) atoms. The second-order valence-electron chi connectivity index (χ2n) is 8.21. The molecule has 1 aliphatic rings. The maximum atomic E-state index is 4.55. The van der Waals surface area contributed by atoms with E-state index >= 15 is 0 Å². The van der Waals surface area contributed by atoms with Gasteiger partial charge in [-0.15, -0.1) is 0 Å². The highest BCUT2D eigenvalue weighted by molar-refractivity contribution is 5.86. The van der Waals surface area contributed by atoms with Crippen molar-refractivity contribution in [2.45, 2.75) is 31.8 Å². The Balaban J connectivity index is 1.20. The average molecular weight is 414 g/mol. The SMILES string of the molecule is C[C@H](NC1CCN(c2ncnc3c2cnn3C)CC1)c1ccc(-c2ccncc2)cc1. The summed E-state index contributed by atoms with van der Waals surface area (Å²) in [5, 5.41) is 9.19. The lowest BCUT2D eigenvalue weighted by molar-refractivity contribution is 0.380. The molecule has 5 rings (SSSR count). The smallest absolute Gasteiger partial charge is 0.163 e. The summed E-state index contributed by atoms with van der Waals surface area (Å²) >= 11 is 0. The normalized spacial score (nSPS) is 16.0. The number of anilines is 1. The number of rotatable bonds is 5. The number of fused-ring (bicyclic) bond motifs is 1. The fraction of sp³-hybridized carbons (Fsp3) is 0.333. The molecule has 158 valence electrons. The molecule has 1 fully saturated rings. The Kier molecular flexibility index (Phi) is 5.34. The van der Waals surface area contributed by atoms with Crippen molar-refractivity contribution in [2.24, 2.45) is 7.05 Å². The van der Waals surface area contributed by atoms with Crippen molar-refractivity contribution in [1.29, 1.82) is 0 Å². The van der Waals surface area contributed by atoms with Crippen molar-refractivity contribution in [3.63, 3.8) is 0 Å². The molecule has 1 aromatic carbocycles. The summed E-state index contributed by atoms with van der Waals surface area (Å²) in [5.74, 6) is 0.997. The van der Waals surface area contributed by atoms with Crippen molar-refractivity contribution in [3.05, 3.63) is 66.9 Å². The van der Waals surface area contributed by atoms with Gasteiger partial charge in [0.25, 0.3) is 0 Å².